The molecular formula is C14H19Cl2NO2. The predicted octanol–water partition coefficient (Wildman–Crippen LogP) is 3.37. The van der Waals surface area contributed by atoms with Gasteiger partial charge >= 0.3 is 5.97 Å². The molecule has 1 aromatic carbocycles. The van der Waals surface area contributed by atoms with E-state index in [1.807, 2.05) is 38.1 Å². The third kappa shape index (κ3) is 6.17. The largest absolute Gasteiger partial charge is 0.481 e. The van der Waals surface area contributed by atoms with Gasteiger partial charge in [0.25, 0.3) is 0 Å². The molecule has 0 heterocycles. The zero-order chi connectivity index (χ0) is 14.4. The van der Waals surface area contributed by atoms with Gasteiger partial charge in [0, 0.05) is 29.5 Å². The molecule has 1 rings (SSSR count). The summed E-state index contributed by atoms with van der Waals surface area (Å²) in [4.78, 5) is 12.7. The molecule has 0 radical (unpaired) electrons. The minimum Gasteiger partial charge on any atom is -0.481 e. The monoisotopic (exact) mass is 303 g/mol. The van der Waals surface area contributed by atoms with Crippen molar-refractivity contribution < 1.29 is 9.90 Å². The Bertz CT molecular complexity index is 394. The van der Waals surface area contributed by atoms with E-state index >= 15 is 0 Å². The van der Waals surface area contributed by atoms with E-state index in [4.69, 9.17) is 28.3 Å². The normalized spacial score (nSPS) is 13.9. The van der Waals surface area contributed by atoms with Crippen molar-refractivity contribution in [3.63, 3.8) is 0 Å². The first-order valence-corrected chi connectivity index (χ1v) is 7.09. The Morgan fingerprint density at radius 2 is 1.63 bits per heavy atom. The molecule has 0 amide bonds. The number of carboxylic acids is 1. The Hall–Kier alpha value is -0.930. The third-order valence-corrected chi connectivity index (χ3v) is 2.88. The maximum absolute atomic E-state index is 10.6. The summed E-state index contributed by atoms with van der Waals surface area (Å²) in [5.74, 6) is -0.826. The summed E-state index contributed by atoms with van der Waals surface area (Å²) in [6.07, 6.45) is 0.0398. The van der Waals surface area contributed by atoms with Crippen LogP contribution in [0.2, 0.25) is 0 Å². The van der Waals surface area contributed by atoms with Gasteiger partial charge < -0.3 is 10.0 Å². The zero-order valence-electron chi connectivity index (χ0n) is 11.1. The highest BCUT2D eigenvalue weighted by molar-refractivity contribution is 6.21. The molecule has 1 N–H and O–H groups in total. The molecule has 0 bridgehead atoms. The molecule has 1 aromatic rings. The van der Waals surface area contributed by atoms with Crippen LogP contribution in [0, 0.1) is 0 Å². The molecule has 0 saturated carbocycles. The lowest BCUT2D eigenvalue weighted by Gasteiger charge is -2.27. The lowest BCUT2D eigenvalue weighted by molar-refractivity contribution is -0.136. The van der Waals surface area contributed by atoms with Gasteiger partial charge in [-0.2, -0.15) is 0 Å². The maximum atomic E-state index is 10.6. The van der Waals surface area contributed by atoms with Gasteiger partial charge in [0.2, 0.25) is 0 Å². The molecule has 0 aliphatic heterocycles. The number of carboxylic acid groups (broad SMARTS) is 1. The molecule has 19 heavy (non-hydrogen) atoms. The molecule has 0 fully saturated rings. The molecule has 0 saturated heterocycles. The Balaban J connectivity index is 2.80. The fourth-order valence-electron chi connectivity index (χ4n) is 1.89. The second kappa shape index (κ2) is 7.61. The molecule has 106 valence electrons. The Morgan fingerprint density at radius 3 is 2.00 bits per heavy atom. The fourth-order valence-corrected chi connectivity index (χ4v) is 2.23. The van der Waals surface area contributed by atoms with Crippen LogP contribution in [-0.2, 0) is 11.2 Å². The summed E-state index contributed by atoms with van der Waals surface area (Å²) in [5, 5.41) is 8.78. The van der Waals surface area contributed by atoms with Crippen LogP contribution < -0.4 is 4.90 Å². The minimum absolute atomic E-state index is 0.0223. The predicted molar refractivity (Wildman–Crippen MR) is 80.6 cm³/mol. The highest BCUT2D eigenvalue weighted by Gasteiger charge is 2.12. The number of hydrogen-bond donors (Lipinski definition) is 1. The average molecular weight is 304 g/mol. The molecule has 0 aliphatic rings. The van der Waals surface area contributed by atoms with Crippen LogP contribution >= 0.6 is 23.2 Å². The number of benzene rings is 1. The van der Waals surface area contributed by atoms with Crippen LogP contribution in [-0.4, -0.2) is 34.9 Å². The van der Waals surface area contributed by atoms with Gasteiger partial charge in [-0.05, 0) is 31.5 Å². The first-order valence-electron chi connectivity index (χ1n) is 6.22. The van der Waals surface area contributed by atoms with Crippen LogP contribution in [0.25, 0.3) is 0 Å². The van der Waals surface area contributed by atoms with E-state index in [2.05, 4.69) is 4.90 Å². The Morgan fingerprint density at radius 1 is 1.16 bits per heavy atom. The number of hydrogen-bond acceptors (Lipinski definition) is 2. The summed E-state index contributed by atoms with van der Waals surface area (Å²) < 4.78 is 0. The van der Waals surface area contributed by atoms with Crippen LogP contribution in [0.1, 0.15) is 19.4 Å². The van der Waals surface area contributed by atoms with Gasteiger partial charge in [0.1, 0.15) is 0 Å². The van der Waals surface area contributed by atoms with Gasteiger partial charge in [-0.15, -0.1) is 23.2 Å². The number of carbonyl (C=O) groups is 1. The quantitative estimate of drug-likeness (QED) is 0.785. The lowest BCUT2D eigenvalue weighted by atomic mass is 10.1. The molecular weight excluding hydrogens is 285 g/mol. The summed E-state index contributed by atoms with van der Waals surface area (Å²) >= 11 is 12.1. The first kappa shape index (κ1) is 16.1. The summed E-state index contributed by atoms with van der Waals surface area (Å²) in [5.41, 5.74) is 1.79. The molecule has 2 unspecified atom stereocenters. The van der Waals surface area contributed by atoms with Gasteiger partial charge in [-0.3, -0.25) is 4.79 Å². The molecule has 3 nitrogen and oxygen atoms in total. The minimum atomic E-state index is -0.826. The fraction of sp³-hybridized carbons (Fsp3) is 0.500. The van der Waals surface area contributed by atoms with Crippen molar-refractivity contribution in [1.29, 1.82) is 0 Å². The second-order valence-corrected chi connectivity index (χ2v) is 6.19. The maximum Gasteiger partial charge on any atom is 0.307 e. The number of alkyl halides is 2. The van der Waals surface area contributed by atoms with Crippen molar-refractivity contribution in [2.45, 2.75) is 31.0 Å². The van der Waals surface area contributed by atoms with E-state index in [9.17, 15) is 4.79 Å². The zero-order valence-corrected chi connectivity index (χ0v) is 12.7. The molecule has 0 aromatic heterocycles. The van der Waals surface area contributed by atoms with Crippen LogP contribution in [0.15, 0.2) is 24.3 Å². The highest BCUT2D eigenvalue weighted by Crippen LogP contribution is 2.18. The van der Waals surface area contributed by atoms with Crippen molar-refractivity contribution in [2.24, 2.45) is 0 Å². The van der Waals surface area contributed by atoms with E-state index in [-0.39, 0.29) is 17.2 Å². The van der Waals surface area contributed by atoms with Gasteiger partial charge in [0.05, 0.1) is 6.42 Å². The van der Waals surface area contributed by atoms with Crippen LogP contribution in [0.3, 0.4) is 0 Å². The second-order valence-electron chi connectivity index (χ2n) is 4.70. The van der Waals surface area contributed by atoms with Gasteiger partial charge in [-0.25, -0.2) is 0 Å². The topological polar surface area (TPSA) is 40.5 Å². The van der Waals surface area contributed by atoms with E-state index in [0.29, 0.717) is 13.1 Å². The van der Waals surface area contributed by atoms with Crippen molar-refractivity contribution in [3.8, 4) is 0 Å². The van der Waals surface area contributed by atoms with E-state index in [1.54, 1.807) is 0 Å². The Kier molecular flexibility index (Phi) is 6.46. The average Bonchev–Trinajstić information content (AvgIpc) is 2.27. The number of aliphatic carboxylic acids is 1. The van der Waals surface area contributed by atoms with Crippen LogP contribution in [0.4, 0.5) is 5.69 Å². The highest BCUT2D eigenvalue weighted by atomic mass is 35.5. The smallest absolute Gasteiger partial charge is 0.307 e. The SMILES string of the molecule is CC(Cl)CN(CC(C)Cl)c1ccc(CC(=O)O)cc1. The van der Waals surface area contributed by atoms with E-state index < -0.39 is 5.97 Å². The molecule has 0 spiro atoms. The Labute approximate surface area is 124 Å². The van der Waals surface area contributed by atoms with Crippen molar-refractivity contribution >= 4 is 34.9 Å². The van der Waals surface area contributed by atoms with Gasteiger partial charge in [0.15, 0.2) is 0 Å². The molecule has 0 aliphatic carbocycles. The third-order valence-electron chi connectivity index (χ3n) is 2.60. The van der Waals surface area contributed by atoms with Crippen molar-refractivity contribution in [3.05, 3.63) is 29.8 Å². The van der Waals surface area contributed by atoms with Gasteiger partial charge in [-0.1, -0.05) is 12.1 Å². The summed E-state index contributed by atoms with van der Waals surface area (Å²) in [6, 6.07) is 7.48. The van der Waals surface area contributed by atoms with E-state index in [1.165, 1.54) is 0 Å². The number of nitrogens with zero attached hydrogens (tertiary/aromatic N) is 1. The van der Waals surface area contributed by atoms with E-state index in [0.717, 1.165) is 11.3 Å². The summed E-state index contributed by atoms with van der Waals surface area (Å²) in [7, 11) is 0. The van der Waals surface area contributed by atoms with Crippen molar-refractivity contribution in [1.82, 2.24) is 0 Å². The van der Waals surface area contributed by atoms with Crippen molar-refractivity contribution in [2.75, 3.05) is 18.0 Å². The number of anilines is 1. The van der Waals surface area contributed by atoms with Crippen LogP contribution in [0.5, 0.6) is 0 Å². The standard InChI is InChI=1S/C14H19Cl2NO2/c1-10(15)8-17(9-11(2)16)13-5-3-12(4-6-13)7-14(18)19/h3-6,10-11H,7-9H2,1-2H3,(H,18,19). The molecule has 5 heteroatoms. The first-order chi connectivity index (χ1) is 8.88. The number of rotatable bonds is 7. The molecule has 2 atom stereocenters. The summed E-state index contributed by atoms with van der Waals surface area (Å²) in [6.45, 7) is 5.28. The number of halogens is 2. The lowest BCUT2D eigenvalue weighted by Crippen LogP contribution is -2.33.